The molecule has 0 aliphatic rings. The van der Waals surface area contributed by atoms with Crippen molar-refractivity contribution in [1.82, 2.24) is 9.97 Å². The van der Waals surface area contributed by atoms with Crippen LogP contribution in [0.4, 0.5) is 5.95 Å². The molecular weight excluding hydrogens is 334 g/mol. The highest BCUT2D eigenvalue weighted by molar-refractivity contribution is 5.92. The number of aliphatic hydroxyl groups is 1. The number of fused-ring (bicyclic) bond motifs is 1. The fraction of sp³-hybridized carbons (Fsp3) is 0.579. The first kappa shape index (κ1) is 20.0. The molecule has 0 unspecified atom stereocenters. The number of rotatable bonds is 11. The molecule has 2 rings (SSSR count). The van der Waals surface area contributed by atoms with Gasteiger partial charge in [-0.1, -0.05) is 6.42 Å². The van der Waals surface area contributed by atoms with Crippen molar-refractivity contribution in [3.8, 4) is 17.2 Å². The van der Waals surface area contributed by atoms with E-state index in [2.05, 4.69) is 9.97 Å². The number of hydrogen-bond donors (Lipinski definition) is 2. The predicted octanol–water partition coefficient (Wildman–Crippen LogP) is 3.11. The fourth-order valence-corrected chi connectivity index (χ4v) is 2.87. The monoisotopic (exact) mass is 363 g/mol. The standard InChI is InChI=1S/C19H29N3O4/c1-4-24-15-12-13-14(10-8-7-9-11-23)21-19(20)22-16(13)18(26-6-3)17(15)25-5-2/h12,23H,4-11H2,1-3H3,(H2,20,21,22). The van der Waals surface area contributed by atoms with Gasteiger partial charge in [-0.2, -0.15) is 0 Å². The van der Waals surface area contributed by atoms with Gasteiger partial charge < -0.3 is 25.1 Å². The van der Waals surface area contributed by atoms with Crippen LogP contribution < -0.4 is 19.9 Å². The molecule has 0 atom stereocenters. The van der Waals surface area contributed by atoms with Gasteiger partial charge in [-0.25, -0.2) is 9.97 Å². The van der Waals surface area contributed by atoms with Gasteiger partial charge in [0.1, 0.15) is 5.52 Å². The number of aryl methyl sites for hydroxylation is 1. The molecule has 1 heterocycles. The molecule has 3 N–H and O–H groups in total. The molecule has 26 heavy (non-hydrogen) atoms. The Morgan fingerprint density at radius 2 is 1.62 bits per heavy atom. The predicted molar refractivity (Wildman–Crippen MR) is 102 cm³/mol. The number of anilines is 1. The van der Waals surface area contributed by atoms with Crippen LogP contribution >= 0.6 is 0 Å². The van der Waals surface area contributed by atoms with Crippen LogP contribution in [0.3, 0.4) is 0 Å². The number of nitrogens with zero attached hydrogens (tertiary/aromatic N) is 2. The largest absolute Gasteiger partial charge is 0.490 e. The summed E-state index contributed by atoms with van der Waals surface area (Å²) >= 11 is 0. The first-order valence-corrected chi connectivity index (χ1v) is 9.28. The van der Waals surface area contributed by atoms with Gasteiger partial charge in [-0.15, -0.1) is 0 Å². The van der Waals surface area contributed by atoms with Gasteiger partial charge in [0, 0.05) is 12.0 Å². The zero-order valence-corrected chi connectivity index (χ0v) is 15.9. The smallest absolute Gasteiger partial charge is 0.220 e. The van der Waals surface area contributed by atoms with Crippen LogP contribution in [-0.2, 0) is 6.42 Å². The molecule has 7 nitrogen and oxygen atoms in total. The number of hydrogen-bond acceptors (Lipinski definition) is 7. The second-order valence-electron chi connectivity index (χ2n) is 5.79. The number of nitrogen functional groups attached to an aromatic ring is 1. The maximum Gasteiger partial charge on any atom is 0.220 e. The molecular formula is C19H29N3O4. The van der Waals surface area contributed by atoms with Crippen molar-refractivity contribution in [3.05, 3.63) is 11.8 Å². The maximum absolute atomic E-state index is 8.96. The molecule has 0 saturated heterocycles. The molecule has 0 bridgehead atoms. The first-order valence-electron chi connectivity index (χ1n) is 9.28. The van der Waals surface area contributed by atoms with Crippen LogP contribution in [0.2, 0.25) is 0 Å². The lowest BCUT2D eigenvalue weighted by molar-refractivity contribution is 0.263. The van der Waals surface area contributed by atoms with E-state index in [1.54, 1.807) is 0 Å². The molecule has 2 aromatic rings. The lowest BCUT2D eigenvalue weighted by atomic mass is 10.1. The summed E-state index contributed by atoms with van der Waals surface area (Å²) in [4.78, 5) is 8.84. The van der Waals surface area contributed by atoms with Crippen LogP contribution in [0.15, 0.2) is 6.07 Å². The molecule has 0 aliphatic heterocycles. The molecule has 0 fully saturated rings. The van der Waals surface area contributed by atoms with E-state index in [-0.39, 0.29) is 12.6 Å². The number of unbranched alkanes of at least 4 members (excludes halogenated alkanes) is 2. The van der Waals surface area contributed by atoms with Gasteiger partial charge in [0.2, 0.25) is 11.7 Å². The Hall–Kier alpha value is -2.28. The van der Waals surface area contributed by atoms with Crippen LogP contribution in [0.1, 0.15) is 45.7 Å². The summed E-state index contributed by atoms with van der Waals surface area (Å²) in [6.45, 7) is 7.42. The van der Waals surface area contributed by atoms with Crippen molar-refractivity contribution in [1.29, 1.82) is 0 Å². The topological polar surface area (TPSA) is 99.7 Å². The Morgan fingerprint density at radius 3 is 2.27 bits per heavy atom. The third-order valence-electron chi connectivity index (χ3n) is 3.91. The number of aliphatic hydroxyl groups excluding tert-OH is 1. The minimum atomic E-state index is 0.202. The van der Waals surface area contributed by atoms with E-state index in [0.29, 0.717) is 42.6 Å². The minimum absolute atomic E-state index is 0.202. The number of ether oxygens (including phenoxy) is 3. The molecule has 0 amide bonds. The third-order valence-corrected chi connectivity index (χ3v) is 3.91. The zero-order chi connectivity index (χ0) is 18.9. The van der Waals surface area contributed by atoms with Crippen LogP contribution in [0, 0.1) is 0 Å². The second kappa shape index (κ2) is 10.0. The van der Waals surface area contributed by atoms with Crippen LogP contribution in [0.25, 0.3) is 10.9 Å². The summed E-state index contributed by atoms with van der Waals surface area (Å²) in [7, 11) is 0. The second-order valence-corrected chi connectivity index (χ2v) is 5.79. The van der Waals surface area contributed by atoms with Gasteiger partial charge in [0.05, 0.1) is 25.5 Å². The molecule has 0 saturated carbocycles. The molecule has 144 valence electrons. The molecule has 0 radical (unpaired) electrons. The van der Waals surface area contributed by atoms with E-state index < -0.39 is 0 Å². The Labute approximate surface area is 154 Å². The zero-order valence-electron chi connectivity index (χ0n) is 15.9. The molecule has 7 heteroatoms. The number of nitrogens with two attached hydrogens (primary N) is 1. The van der Waals surface area contributed by atoms with Gasteiger partial charge in [-0.05, 0) is 46.1 Å². The van der Waals surface area contributed by atoms with E-state index in [1.165, 1.54) is 0 Å². The lowest BCUT2D eigenvalue weighted by Crippen LogP contribution is -2.07. The highest BCUT2D eigenvalue weighted by Gasteiger charge is 2.21. The van der Waals surface area contributed by atoms with Crippen LogP contribution in [-0.4, -0.2) is 41.5 Å². The maximum atomic E-state index is 8.96. The summed E-state index contributed by atoms with van der Waals surface area (Å²) in [6.07, 6.45) is 3.36. The Morgan fingerprint density at radius 1 is 0.923 bits per heavy atom. The fourth-order valence-electron chi connectivity index (χ4n) is 2.87. The summed E-state index contributed by atoms with van der Waals surface area (Å²) in [5, 5.41) is 9.82. The lowest BCUT2D eigenvalue weighted by Gasteiger charge is -2.18. The van der Waals surface area contributed by atoms with Crippen molar-refractivity contribution in [2.75, 3.05) is 32.2 Å². The SMILES string of the molecule is CCOc1cc2c(CCCCCO)nc(N)nc2c(OCC)c1OCC. The van der Waals surface area contributed by atoms with Crippen LogP contribution in [0.5, 0.6) is 17.2 Å². The van der Waals surface area contributed by atoms with E-state index in [1.807, 2.05) is 26.8 Å². The molecule has 1 aromatic carbocycles. The highest BCUT2D eigenvalue weighted by atomic mass is 16.5. The summed E-state index contributed by atoms with van der Waals surface area (Å²) < 4.78 is 17.4. The Balaban J connectivity index is 2.59. The van der Waals surface area contributed by atoms with Gasteiger partial charge in [0.25, 0.3) is 0 Å². The Bertz CT molecular complexity index is 722. The normalized spacial score (nSPS) is 10.9. The number of aromatic nitrogens is 2. The van der Waals surface area contributed by atoms with E-state index in [4.69, 9.17) is 25.1 Å². The van der Waals surface area contributed by atoms with Crippen molar-refractivity contribution >= 4 is 16.9 Å². The van der Waals surface area contributed by atoms with E-state index in [9.17, 15) is 0 Å². The highest BCUT2D eigenvalue weighted by Crippen LogP contribution is 2.44. The quantitative estimate of drug-likeness (QED) is 0.592. The third kappa shape index (κ3) is 4.66. The van der Waals surface area contributed by atoms with E-state index >= 15 is 0 Å². The average Bonchev–Trinajstić information content (AvgIpc) is 2.62. The Kier molecular flexibility index (Phi) is 7.72. The van der Waals surface area contributed by atoms with Gasteiger partial charge in [-0.3, -0.25) is 0 Å². The van der Waals surface area contributed by atoms with Crippen molar-refractivity contribution in [2.45, 2.75) is 46.5 Å². The van der Waals surface area contributed by atoms with Gasteiger partial charge >= 0.3 is 0 Å². The summed E-state index contributed by atoms with van der Waals surface area (Å²) in [6, 6.07) is 1.91. The first-order chi connectivity index (χ1) is 12.7. The molecule has 0 spiro atoms. The summed E-state index contributed by atoms with van der Waals surface area (Å²) in [5.74, 6) is 1.92. The molecule has 0 aliphatic carbocycles. The molecule has 1 aromatic heterocycles. The number of benzene rings is 1. The van der Waals surface area contributed by atoms with Crippen molar-refractivity contribution in [2.24, 2.45) is 0 Å². The van der Waals surface area contributed by atoms with Crippen molar-refractivity contribution < 1.29 is 19.3 Å². The summed E-state index contributed by atoms with van der Waals surface area (Å²) in [5.41, 5.74) is 7.45. The minimum Gasteiger partial charge on any atom is -0.490 e. The van der Waals surface area contributed by atoms with E-state index in [0.717, 1.165) is 36.8 Å². The average molecular weight is 363 g/mol. The van der Waals surface area contributed by atoms with Gasteiger partial charge in [0.15, 0.2) is 11.5 Å². The van der Waals surface area contributed by atoms with Crippen molar-refractivity contribution in [3.63, 3.8) is 0 Å².